The third kappa shape index (κ3) is 3.08. The molecule has 0 atom stereocenters. The standard InChI is InChI=1S/C15H18N2O5/c1-10-9-11(17(21)22)5-6-12(10)13(18)16-15(14(19)20)7-3-2-4-8-15/h5-6,9H,2-4,7-8H2,1H3,(H,16,18)(H,19,20). The first-order valence-electron chi connectivity index (χ1n) is 7.17. The number of benzene rings is 1. The molecule has 1 aromatic rings. The van der Waals surface area contributed by atoms with Crippen LogP contribution in [-0.2, 0) is 4.79 Å². The summed E-state index contributed by atoms with van der Waals surface area (Å²) in [5.74, 6) is -1.53. The molecule has 1 aromatic carbocycles. The third-order valence-corrected chi connectivity index (χ3v) is 4.13. The summed E-state index contributed by atoms with van der Waals surface area (Å²) in [6, 6.07) is 3.92. The number of nitro groups is 1. The summed E-state index contributed by atoms with van der Waals surface area (Å²) in [4.78, 5) is 34.1. The minimum atomic E-state index is -1.23. The number of non-ortho nitro benzene ring substituents is 1. The van der Waals surface area contributed by atoms with E-state index in [1.54, 1.807) is 6.92 Å². The Bertz CT molecular complexity index is 620. The zero-order valence-corrected chi connectivity index (χ0v) is 12.3. The predicted molar refractivity (Wildman–Crippen MR) is 78.8 cm³/mol. The first-order chi connectivity index (χ1) is 10.4. The number of hydrogen-bond acceptors (Lipinski definition) is 4. The summed E-state index contributed by atoms with van der Waals surface area (Å²) < 4.78 is 0. The topological polar surface area (TPSA) is 110 Å². The molecule has 0 spiro atoms. The maximum atomic E-state index is 12.4. The molecule has 0 radical (unpaired) electrons. The van der Waals surface area contributed by atoms with E-state index in [0.29, 0.717) is 18.4 Å². The monoisotopic (exact) mass is 306 g/mol. The Kier molecular flexibility index (Phi) is 4.44. The van der Waals surface area contributed by atoms with Gasteiger partial charge in [0.2, 0.25) is 0 Å². The fourth-order valence-electron chi connectivity index (χ4n) is 2.85. The van der Waals surface area contributed by atoms with Crippen LogP contribution in [0.3, 0.4) is 0 Å². The maximum absolute atomic E-state index is 12.4. The van der Waals surface area contributed by atoms with Crippen LogP contribution in [0.15, 0.2) is 18.2 Å². The van der Waals surface area contributed by atoms with Crippen molar-refractivity contribution < 1.29 is 19.6 Å². The van der Waals surface area contributed by atoms with Gasteiger partial charge in [0.05, 0.1) is 4.92 Å². The number of hydrogen-bond donors (Lipinski definition) is 2. The molecular formula is C15H18N2O5. The zero-order chi connectivity index (χ0) is 16.3. The highest BCUT2D eigenvalue weighted by Crippen LogP contribution is 2.29. The molecule has 0 unspecified atom stereocenters. The first-order valence-corrected chi connectivity index (χ1v) is 7.17. The van der Waals surface area contributed by atoms with E-state index in [0.717, 1.165) is 19.3 Å². The summed E-state index contributed by atoms with van der Waals surface area (Å²) in [6.45, 7) is 1.59. The van der Waals surface area contributed by atoms with E-state index in [4.69, 9.17) is 0 Å². The molecule has 1 aliphatic rings. The van der Waals surface area contributed by atoms with Crippen LogP contribution in [0.1, 0.15) is 48.0 Å². The van der Waals surface area contributed by atoms with Crippen LogP contribution in [0.2, 0.25) is 0 Å². The molecule has 0 heterocycles. The number of carbonyl (C=O) groups is 2. The number of rotatable bonds is 4. The first kappa shape index (κ1) is 15.9. The molecule has 7 nitrogen and oxygen atoms in total. The molecule has 0 aromatic heterocycles. The summed E-state index contributed by atoms with van der Waals surface area (Å²) >= 11 is 0. The summed E-state index contributed by atoms with van der Waals surface area (Å²) in [7, 11) is 0. The lowest BCUT2D eigenvalue weighted by molar-refractivity contribution is -0.384. The normalized spacial score (nSPS) is 16.8. The molecule has 118 valence electrons. The summed E-state index contributed by atoms with van der Waals surface area (Å²) in [5, 5.41) is 22.8. The Labute approximate surface area is 127 Å². The second-order valence-corrected chi connectivity index (χ2v) is 5.66. The second-order valence-electron chi connectivity index (χ2n) is 5.66. The Balaban J connectivity index is 2.24. The number of nitrogens with zero attached hydrogens (tertiary/aromatic N) is 1. The molecule has 1 amide bonds. The molecule has 22 heavy (non-hydrogen) atoms. The summed E-state index contributed by atoms with van der Waals surface area (Å²) in [6.07, 6.45) is 3.28. The number of carbonyl (C=O) groups excluding carboxylic acids is 1. The van der Waals surface area contributed by atoms with Gasteiger partial charge < -0.3 is 10.4 Å². The Morgan fingerprint density at radius 1 is 1.27 bits per heavy atom. The number of nitrogens with one attached hydrogen (secondary N) is 1. The van der Waals surface area contributed by atoms with Gasteiger partial charge >= 0.3 is 5.97 Å². The SMILES string of the molecule is Cc1cc([N+](=O)[O-])ccc1C(=O)NC1(C(=O)O)CCCCC1. The Hall–Kier alpha value is -2.44. The van der Waals surface area contributed by atoms with Crippen molar-refractivity contribution in [2.75, 3.05) is 0 Å². The van der Waals surface area contributed by atoms with E-state index in [1.807, 2.05) is 0 Å². The van der Waals surface area contributed by atoms with Crippen LogP contribution in [-0.4, -0.2) is 27.4 Å². The van der Waals surface area contributed by atoms with Gasteiger partial charge in [-0.15, -0.1) is 0 Å². The van der Waals surface area contributed by atoms with Crippen molar-refractivity contribution in [3.8, 4) is 0 Å². The van der Waals surface area contributed by atoms with Gasteiger partial charge in [0.15, 0.2) is 0 Å². The molecule has 1 fully saturated rings. The van der Waals surface area contributed by atoms with Gasteiger partial charge in [0.1, 0.15) is 5.54 Å². The number of carboxylic acid groups (broad SMARTS) is 1. The highest BCUT2D eigenvalue weighted by molar-refractivity contribution is 5.99. The van der Waals surface area contributed by atoms with Crippen molar-refractivity contribution >= 4 is 17.6 Å². The van der Waals surface area contributed by atoms with E-state index in [1.165, 1.54) is 18.2 Å². The van der Waals surface area contributed by atoms with Crippen LogP contribution in [0.25, 0.3) is 0 Å². The van der Waals surface area contributed by atoms with Crippen molar-refractivity contribution in [1.82, 2.24) is 5.32 Å². The predicted octanol–water partition coefficient (Wildman–Crippen LogP) is 2.42. The van der Waals surface area contributed by atoms with Gasteiger partial charge in [-0.3, -0.25) is 14.9 Å². The fourth-order valence-corrected chi connectivity index (χ4v) is 2.85. The third-order valence-electron chi connectivity index (χ3n) is 4.13. The molecular weight excluding hydrogens is 288 g/mol. The number of amides is 1. The number of aliphatic carboxylic acids is 1. The molecule has 2 N–H and O–H groups in total. The van der Waals surface area contributed by atoms with Crippen molar-refractivity contribution in [3.63, 3.8) is 0 Å². The minimum absolute atomic E-state index is 0.0975. The van der Waals surface area contributed by atoms with E-state index in [9.17, 15) is 24.8 Å². The van der Waals surface area contributed by atoms with Gasteiger partial charge in [0.25, 0.3) is 11.6 Å². The van der Waals surface area contributed by atoms with Crippen molar-refractivity contribution in [1.29, 1.82) is 0 Å². The van der Waals surface area contributed by atoms with Crippen LogP contribution in [0.4, 0.5) is 5.69 Å². The van der Waals surface area contributed by atoms with E-state index in [-0.39, 0.29) is 11.3 Å². The molecule has 0 aliphatic heterocycles. The number of nitro benzene ring substituents is 1. The largest absolute Gasteiger partial charge is 0.480 e. The van der Waals surface area contributed by atoms with Crippen LogP contribution < -0.4 is 5.32 Å². The second kappa shape index (κ2) is 6.13. The van der Waals surface area contributed by atoms with E-state index in [2.05, 4.69) is 5.32 Å². The van der Waals surface area contributed by atoms with E-state index >= 15 is 0 Å². The Morgan fingerprint density at radius 3 is 2.41 bits per heavy atom. The molecule has 0 bridgehead atoms. The van der Waals surface area contributed by atoms with Gasteiger partial charge in [0, 0.05) is 17.7 Å². The van der Waals surface area contributed by atoms with Gasteiger partial charge in [-0.2, -0.15) is 0 Å². The highest BCUT2D eigenvalue weighted by Gasteiger charge is 2.41. The number of aryl methyl sites for hydroxylation is 1. The lowest BCUT2D eigenvalue weighted by Gasteiger charge is -2.34. The Morgan fingerprint density at radius 2 is 1.91 bits per heavy atom. The lowest BCUT2D eigenvalue weighted by Crippen LogP contribution is -2.55. The lowest BCUT2D eigenvalue weighted by atomic mass is 9.81. The molecule has 7 heteroatoms. The minimum Gasteiger partial charge on any atom is -0.480 e. The smallest absolute Gasteiger partial charge is 0.329 e. The average molecular weight is 306 g/mol. The van der Waals surface area contributed by atoms with Crippen molar-refractivity contribution in [2.45, 2.75) is 44.6 Å². The highest BCUT2D eigenvalue weighted by atomic mass is 16.6. The van der Waals surface area contributed by atoms with Crippen LogP contribution >= 0.6 is 0 Å². The number of carboxylic acids is 1. The average Bonchev–Trinajstić information content (AvgIpc) is 2.47. The summed E-state index contributed by atoms with van der Waals surface area (Å²) in [5.41, 5.74) is -0.622. The van der Waals surface area contributed by atoms with Gasteiger partial charge in [-0.25, -0.2) is 4.79 Å². The van der Waals surface area contributed by atoms with Crippen LogP contribution in [0.5, 0.6) is 0 Å². The van der Waals surface area contributed by atoms with E-state index < -0.39 is 22.3 Å². The molecule has 0 saturated heterocycles. The van der Waals surface area contributed by atoms with Gasteiger partial charge in [-0.05, 0) is 31.4 Å². The molecule has 1 saturated carbocycles. The molecule has 1 aliphatic carbocycles. The zero-order valence-electron chi connectivity index (χ0n) is 12.3. The van der Waals surface area contributed by atoms with Crippen molar-refractivity contribution in [2.24, 2.45) is 0 Å². The fraction of sp³-hybridized carbons (Fsp3) is 0.467. The molecule has 2 rings (SSSR count). The van der Waals surface area contributed by atoms with Crippen molar-refractivity contribution in [3.05, 3.63) is 39.4 Å². The van der Waals surface area contributed by atoms with Crippen LogP contribution in [0, 0.1) is 17.0 Å². The quantitative estimate of drug-likeness (QED) is 0.655. The van der Waals surface area contributed by atoms with Gasteiger partial charge in [-0.1, -0.05) is 19.3 Å². The maximum Gasteiger partial charge on any atom is 0.329 e.